The molecule has 1 rings (SSSR count). The predicted molar refractivity (Wildman–Crippen MR) is 56.9 cm³/mol. The Hall–Kier alpha value is -0.610. The number of hydrogen-bond acceptors (Lipinski definition) is 3. The average molecular weight is 199 g/mol. The SMILES string of the molecule is CNC(=O)C(C)N1CC(N)(C(C)C)C1. The molecular weight excluding hydrogens is 178 g/mol. The Morgan fingerprint density at radius 2 is 1.93 bits per heavy atom. The Labute approximate surface area is 85.8 Å². The van der Waals surface area contributed by atoms with Crippen LogP contribution < -0.4 is 11.1 Å². The molecule has 82 valence electrons. The summed E-state index contributed by atoms with van der Waals surface area (Å²) in [6, 6.07) is -0.0598. The maximum Gasteiger partial charge on any atom is 0.236 e. The van der Waals surface area contributed by atoms with Crippen molar-refractivity contribution in [3.63, 3.8) is 0 Å². The van der Waals surface area contributed by atoms with E-state index in [1.165, 1.54) is 0 Å². The van der Waals surface area contributed by atoms with Gasteiger partial charge >= 0.3 is 0 Å². The minimum absolute atomic E-state index is 0.0598. The highest BCUT2D eigenvalue weighted by Gasteiger charge is 2.44. The lowest BCUT2D eigenvalue weighted by Crippen LogP contribution is -2.72. The molecule has 1 fully saturated rings. The van der Waals surface area contributed by atoms with Crippen LogP contribution in [0.3, 0.4) is 0 Å². The molecule has 0 saturated carbocycles. The van der Waals surface area contributed by atoms with E-state index in [2.05, 4.69) is 24.1 Å². The third-order valence-electron chi connectivity index (χ3n) is 3.32. The number of hydrogen-bond donors (Lipinski definition) is 2. The van der Waals surface area contributed by atoms with Crippen molar-refractivity contribution in [3.8, 4) is 0 Å². The van der Waals surface area contributed by atoms with E-state index in [0.29, 0.717) is 5.92 Å². The highest BCUT2D eigenvalue weighted by molar-refractivity contribution is 5.81. The summed E-state index contributed by atoms with van der Waals surface area (Å²) >= 11 is 0. The lowest BCUT2D eigenvalue weighted by atomic mass is 9.79. The largest absolute Gasteiger partial charge is 0.358 e. The number of carbonyl (C=O) groups is 1. The fourth-order valence-electron chi connectivity index (χ4n) is 1.72. The van der Waals surface area contributed by atoms with Crippen LogP contribution in [0.15, 0.2) is 0 Å². The highest BCUT2D eigenvalue weighted by Crippen LogP contribution is 2.27. The molecule has 1 atom stereocenters. The first-order valence-electron chi connectivity index (χ1n) is 5.15. The van der Waals surface area contributed by atoms with E-state index >= 15 is 0 Å². The van der Waals surface area contributed by atoms with Crippen molar-refractivity contribution in [2.45, 2.75) is 32.4 Å². The van der Waals surface area contributed by atoms with Gasteiger partial charge in [-0.05, 0) is 12.8 Å². The van der Waals surface area contributed by atoms with Crippen molar-refractivity contribution in [2.75, 3.05) is 20.1 Å². The van der Waals surface area contributed by atoms with Gasteiger partial charge in [-0.1, -0.05) is 13.8 Å². The number of carbonyl (C=O) groups excluding carboxylic acids is 1. The molecular formula is C10H21N3O. The topological polar surface area (TPSA) is 58.4 Å². The van der Waals surface area contributed by atoms with E-state index in [1.54, 1.807) is 7.05 Å². The zero-order valence-corrected chi connectivity index (χ0v) is 9.50. The van der Waals surface area contributed by atoms with Crippen molar-refractivity contribution < 1.29 is 4.79 Å². The molecule has 1 aliphatic heterocycles. The van der Waals surface area contributed by atoms with E-state index < -0.39 is 0 Å². The van der Waals surface area contributed by atoms with Crippen LogP contribution in [0.2, 0.25) is 0 Å². The molecule has 0 aromatic rings. The summed E-state index contributed by atoms with van der Waals surface area (Å²) in [5.74, 6) is 0.534. The lowest BCUT2D eigenvalue weighted by molar-refractivity contribution is -0.129. The highest BCUT2D eigenvalue weighted by atomic mass is 16.2. The van der Waals surface area contributed by atoms with Crippen molar-refractivity contribution in [1.29, 1.82) is 0 Å². The third-order valence-corrected chi connectivity index (χ3v) is 3.32. The van der Waals surface area contributed by atoms with E-state index in [1.807, 2.05) is 6.92 Å². The van der Waals surface area contributed by atoms with E-state index in [-0.39, 0.29) is 17.5 Å². The number of amides is 1. The Morgan fingerprint density at radius 1 is 1.43 bits per heavy atom. The summed E-state index contributed by atoms with van der Waals surface area (Å²) in [5.41, 5.74) is 6.05. The zero-order chi connectivity index (χ0) is 10.9. The van der Waals surface area contributed by atoms with Crippen LogP contribution in [0.5, 0.6) is 0 Å². The van der Waals surface area contributed by atoms with Crippen LogP contribution in [0, 0.1) is 5.92 Å². The molecule has 0 aliphatic carbocycles. The molecule has 0 spiro atoms. The number of nitrogens with two attached hydrogens (primary N) is 1. The molecule has 14 heavy (non-hydrogen) atoms. The average Bonchev–Trinajstić information content (AvgIpc) is 2.10. The standard InChI is InChI=1S/C10H21N3O/c1-7(2)10(11)5-13(6-10)8(3)9(14)12-4/h7-8H,5-6,11H2,1-4H3,(H,12,14). The van der Waals surface area contributed by atoms with Gasteiger partial charge in [-0.3, -0.25) is 9.69 Å². The molecule has 0 radical (unpaired) electrons. The molecule has 3 N–H and O–H groups in total. The third kappa shape index (κ3) is 1.91. The van der Waals surface area contributed by atoms with Gasteiger partial charge < -0.3 is 11.1 Å². The fourth-order valence-corrected chi connectivity index (χ4v) is 1.72. The summed E-state index contributed by atoms with van der Waals surface area (Å²) in [7, 11) is 1.66. The van der Waals surface area contributed by atoms with Crippen LogP contribution in [0.1, 0.15) is 20.8 Å². The van der Waals surface area contributed by atoms with Crippen LogP contribution in [0.25, 0.3) is 0 Å². The van der Waals surface area contributed by atoms with Gasteiger partial charge in [-0.15, -0.1) is 0 Å². The quantitative estimate of drug-likeness (QED) is 0.661. The minimum atomic E-state index is -0.0950. The molecule has 1 amide bonds. The maximum atomic E-state index is 11.3. The number of nitrogens with one attached hydrogen (secondary N) is 1. The maximum absolute atomic E-state index is 11.3. The monoisotopic (exact) mass is 199 g/mol. The first-order valence-corrected chi connectivity index (χ1v) is 5.15. The van der Waals surface area contributed by atoms with Crippen molar-refractivity contribution in [3.05, 3.63) is 0 Å². The van der Waals surface area contributed by atoms with E-state index in [9.17, 15) is 4.79 Å². The summed E-state index contributed by atoms with van der Waals surface area (Å²) < 4.78 is 0. The zero-order valence-electron chi connectivity index (χ0n) is 9.50. The van der Waals surface area contributed by atoms with Crippen molar-refractivity contribution >= 4 is 5.91 Å². The lowest BCUT2D eigenvalue weighted by Gasteiger charge is -2.52. The Balaban J connectivity index is 2.44. The number of likely N-dealkylation sites (tertiary alicyclic amines) is 1. The first kappa shape index (κ1) is 11.5. The van der Waals surface area contributed by atoms with Crippen LogP contribution in [0.4, 0.5) is 0 Å². The Morgan fingerprint density at radius 3 is 2.29 bits per heavy atom. The second-order valence-corrected chi connectivity index (χ2v) is 4.58. The fraction of sp³-hybridized carbons (Fsp3) is 0.900. The summed E-state index contributed by atoms with van der Waals surface area (Å²) in [4.78, 5) is 13.4. The summed E-state index contributed by atoms with van der Waals surface area (Å²) in [6.07, 6.45) is 0. The molecule has 1 aliphatic rings. The smallest absolute Gasteiger partial charge is 0.236 e. The van der Waals surface area contributed by atoms with Crippen LogP contribution >= 0.6 is 0 Å². The molecule has 1 heterocycles. The van der Waals surface area contributed by atoms with Crippen LogP contribution in [-0.2, 0) is 4.79 Å². The van der Waals surface area contributed by atoms with Gasteiger partial charge in [-0.25, -0.2) is 0 Å². The van der Waals surface area contributed by atoms with E-state index in [0.717, 1.165) is 13.1 Å². The number of likely N-dealkylation sites (N-methyl/N-ethyl adjacent to an activating group) is 1. The molecule has 0 aromatic carbocycles. The summed E-state index contributed by atoms with van der Waals surface area (Å²) in [5, 5.41) is 2.65. The van der Waals surface area contributed by atoms with Gasteiger partial charge in [0.05, 0.1) is 6.04 Å². The molecule has 4 heteroatoms. The van der Waals surface area contributed by atoms with Gasteiger partial charge in [0.25, 0.3) is 0 Å². The number of rotatable bonds is 3. The predicted octanol–water partition coefficient (Wildman–Crippen LogP) is -0.210. The molecule has 0 bridgehead atoms. The van der Waals surface area contributed by atoms with Gasteiger partial charge in [0.15, 0.2) is 0 Å². The minimum Gasteiger partial charge on any atom is -0.358 e. The molecule has 4 nitrogen and oxygen atoms in total. The molecule has 1 saturated heterocycles. The van der Waals surface area contributed by atoms with Crippen LogP contribution in [-0.4, -0.2) is 42.5 Å². The van der Waals surface area contributed by atoms with E-state index in [4.69, 9.17) is 5.73 Å². The Bertz CT molecular complexity index is 221. The van der Waals surface area contributed by atoms with Crippen molar-refractivity contribution in [2.24, 2.45) is 11.7 Å². The first-order chi connectivity index (χ1) is 6.40. The van der Waals surface area contributed by atoms with Gasteiger partial charge in [-0.2, -0.15) is 0 Å². The second kappa shape index (κ2) is 3.87. The molecule has 0 aromatic heterocycles. The van der Waals surface area contributed by atoms with Gasteiger partial charge in [0.1, 0.15) is 0 Å². The Kier molecular flexibility index (Phi) is 3.17. The van der Waals surface area contributed by atoms with Gasteiger partial charge in [0.2, 0.25) is 5.91 Å². The molecule has 1 unspecified atom stereocenters. The second-order valence-electron chi connectivity index (χ2n) is 4.58. The normalized spacial score (nSPS) is 23.0. The van der Waals surface area contributed by atoms with Gasteiger partial charge in [0, 0.05) is 25.7 Å². The summed E-state index contributed by atoms with van der Waals surface area (Å²) in [6.45, 7) is 7.81. The number of nitrogens with zero attached hydrogens (tertiary/aromatic N) is 1. The van der Waals surface area contributed by atoms with Crippen molar-refractivity contribution in [1.82, 2.24) is 10.2 Å².